The summed E-state index contributed by atoms with van der Waals surface area (Å²) < 4.78 is 16.1. The van der Waals surface area contributed by atoms with E-state index in [0.717, 1.165) is 21.7 Å². The number of aromatic nitrogens is 3. The predicted octanol–water partition coefficient (Wildman–Crippen LogP) is 4.49. The highest BCUT2D eigenvalue weighted by Crippen LogP contribution is 2.25. The van der Waals surface area contributed by atoms with Crippen molar-refractivity contribution < 1.29 is 4.39 Å². The Kier molecular flexibility index (Phi) is 3.79. The molecule has 0 aliphatic rings. The van der Waals surface area contributed by atoms with E-state index in [1.165, 1.54) is 6.07 Å². The average Bonchev–Trinajstić information content (AvgIpc) is 2.96. The monoisotopic (exact) mass is 373 g/mol. The molecule has 104 valence electrons. The highest BCUT2D eigenvalue weighted by Gasteiger charge is 2.14. The Balaban J connectivity index is 2.14. The number of benzene rings is 1. The summed E-state index contributed by atoms with van der Waals surface area (Å²) in [4.78, 5) is 8.88. The lowest BCUT2D eigenvalue weighted by molar-refractivity contribution is 0.621. The summed E-state index contributed by atoms with van der Waals surface area (Å²) in [5, 5.41) is 3.00. The van der Waals surface area contributed by atoms with Crippen LogP contribution in [0.3, 0.4) is 0 Å². The molecule has 0 aliphatic heterocycles. The molecule has 0 N–H and O–H groups in total. The second kappa shape index (κ2) is 5.42. The van der Waals surface area contributed by atoms with Crippen molar-refractivity contribution in [3.05, 3.63) is 44.3 Å². The quantitative estimate of drug-likeness (QED) is 0.632. The van der Waals surface area contributed by atoms with Gasteiger partial charge in [-0.15, -0.1) is 22.9 Å². The molecule has 7 heteroatoms. The lowest BCUT2D eigenvalue weighted by atomic mass is 10.3. The minimum absolute atomic E-state index is 0.275. The lowest BCUT2D eigenvalue weighted by Gasteiger charge is -2.05. The Hall–Kier alpha value is -0.980. The Morgan fingerprint density at radius 2 is 2.20 bits per heavy atom. The molecule has 3 aromatic rings. The maximum Gasteiger partial charge on any atom is 0.139 e. The fraction of sp³-hybridized carbons (Fsp3) is 0.231. The van der Waals surface area contributed by atoms with Gasteiger partial charge >= 0.3 is 0 Å². The molecule has 0 atom stereocenters. The van der Waals surface area contributed by atoms with Crippen LogP contribution in [-0.4, -0.2) is 14.5 Å². The Labute approximate surface area is 132 Å². The third-order valence-electron chi connectivity index (χ3n) is 2.98. The molecule has 0 amide bonds. The van der Waals surface area contributed by atoms with Gasteiger partial charge < -0.3 is 4.57 Å². The van der Waals surface area contributed by atoms with Crippen molar-refractivity contribution in [3.63, 3.8) is 0 Å². The summed E-state index contributed by atoms with van der Waals surface area (Å²) >= 11 is 10.7. The predicted molar refractivity (Wildman–Crippen MR) is 82.9 cm³/mol. The number of alkyl halides is 1. The molecule has 0 unspecified atom stereocenters. The Morgan fingerprint density at radius 1 is 1.40 bits per heavy atom. The zero-order valence-corrected chi connectivity index (χ0v) is 13.7. The van der Waals surface area contributed by atoms with E-state index in [-0.39, 0.29) is 11.7 Å². The standard InChI is InChI=1S/C13H10BrClFN3S/c1-7-17-8(6-20-7)5-19-12-3-10(16)9(14)2-11(12)18-13(19)4-15/h2-3,6H,4-5H2,1H3. The Morgan fingerprint density at radius 3 is 2.85 bits per heavy atom. The number of nitrogens with zero attached hydrogens (tertiary/aromatic N) is 3. The lowest BCUT2D eigenvalue weighted by Crippen LogP contribution is -2.04. The number of halogens is 3. The van der Waals surface area contributed by atoms with E-state index in [1.54, 1.807) is 17.4 Å². The minimum atomic E-state index is -0.311. The van der Waals surface area contributed by atoms with Crippen molar-refractivity contribution in [1.82, 2.24) is 14.5 Å². The van der Waals surface area contributed by atoms with Gasteiger partial charge in [-0.05, 0) is 28.9 Å². The fourth-order valence-corrected chi connectivity index (χ4v) is 3.23. The summed E-state index contributed by atoms with van der Waals surface area (Å²) in [7, 11) is 0. The van der Waals surface area contributed by atoms with Gasteiger partial charge in [-0.1, -0.05) is 0 Å². The van der Waals surface area contributed by atoms with Crippen LogP contribution < -0.4 is 0 Å². The molecule has 2 aromatic heterocycles. The first kappa shape index (κ1) is 14.0. The third-order valence-corrected chi connectivity index (χ3v) is 4.64. The van der Waals surface area contributed by atoms with Crippen LogP contribution in [0, 0.1) is 12.7 Å². The molecule has 3 nitrogen and oxygen atoms in total. The van der Waals surface area contributed by atoms with Gasteiger partial charge in [0.15, 0.2) is 0 Å². The molecular formula is C13H10BrClFN3S. The third kappa shape index (κ3) is 2.47. The second-order valence-electron chi connectivity index (χ2n) is 4.36. The number of rotatable bonds is 3. The number of imidazole rings is 1. The van der Waals surface area contributed by atoms with Crippen LogP contribution in [0.15, 0.2) is 22.0 Å². The smallest absolute Gasteiger partial charge is 0.139 e. The first-order chi connectivity index (χ1) is 9.58. The molecule has 1 aromatic carbocycles. The van der Waals surface area contributed by atoms with E-state index in [4.69, 9.17) is 11.6 Å². The molecular weight excluding hydrogens is 365 g/mol. The molecule has 20 heavy (non-hydrogen) atoms. The highest BCUT2D eigenvalue weighted by atomic mass is 79.9. The van der Waals surface area contributed by atoms with Gasteiger partial charge in [0.05, 0.1) is 38.6 Å². The number of fused-ring (bicyclic) bond motifs is 1. The first-order valence-electron chi connectivity index (χ1n) is 5.89. The van der Waals surface area contributed by atoms with Gasteiger partial charge in [0, 0.05) is 11.4 Å². The molecule has 3 rings (SSSR count). The van der Waals surface area contributed by atoms with E-state index < -0.39 is 0 Å². The summed E-state index contributed by atoms with van der Waals surface area (Å²) in [6, 6.07) is 3.14. The first-order valence-corrected chi connectivity index (χ1v) is 8.10. The van der Waals surface area contributed by atoms with Crippen molar-refractivity contribution in [2.24, 2.45) is 0 Å². The fourth-order valence-electron chi connectivity index (χ4n) is 2.09. The van der Waals surface area contributed by atoms with E-state index in [9.17, 15) is 4.39 Å². The van der Waals surface area contributed by atoms with Crippen LogP contribution in [0.25, 0.3) is 11.0 Å². The van der Waals surface area contributed by atoms with Crippen LogP contribution in [0.1, 0.15) is 16.5 Å². The van der Waals surface area contributed by atoms with Gasteiger partial charge in [-0.3, -0.25) is 0 Å². The van der Waals surface area contributed by atoms with E-state index >= 15 is 0 Å². The van der Waals surface area contributed by atoms with Crippen LogP contribution in [0.5, 0.6) is 0 Å². The van der Waals surface area contributed by atoms with Crippen molar-refractivity contribution in [2.75, 3.05) is 0 Å². The van der Waals surface area contributed by atoms with Crippen molar-refractivity contribution >= 4 is 49.9 Å². The van der Waals surface area contributed by atoms with Crippen LogP contribution in [0.4, 0.5) is 4.39 Å². The van der Waals surface area contributed by atoms with E-state index in [1.807, 2.05) is 16.9 Å². The van der Waals surface area contributed by atoms with Crippen LogP contribution in [-0.2, 0) is 12.4 Å². The summed E-state index contributed by atoms with van der Waals surface area (Å²) in [6.07, 6.45) is 0. The zero-order valence-electron chi connectivity index (χ0n) is 10.5. The van der Waals surface area contributed by atoms with Crippen LogP contribution >= 0.6 is 38.9 Å². The van der Waals surface area contributed by atoms with E-state index in [2.05, 4.69) is 25.9 Å². The largest absolute Gasteiger partial charge is 0.321 e. The summed E-state index contributed by atoms with van der Waals surface area (Å²) in [5.41, 5.74) is 2.38. The normalized spacial score (nSPS) is 11.4. The Bertz CT molecular complexity index is 783. The van der Waals surface area contributed by atoms with E-state index in [0.29, 0.717) is 16.8 Å². The average molecular weight is 375 g/mol. The van der Waals surface area contributed by atoms with Gasteiger partial charge in [0.25, 0.3) is 0 Å². The minimum Gasteiger partial charge on any atom is -0.321 e. The number of hydrogen-bond donors (Lipinski definition) is 0. The zero-order chi connectivity index (χ0) is 14.3. The molecule has 0 fully saturated rings. The molecule has 0 spiro atoms. The maximum absolute atomic E-state index is 13.8. The molecule has 0 saturated heterocycles. The highest BCUT2D eigenvalue weighted by molar-refractivity contribution is 9.10. The topological polar surface area (TPSA) is 30.7 Å². The van der Waals surface area contributed by atoms with Crippen LogP contribution in [0.2, 0.25) is 0 Å². The molecule has 0 radical (unpaired) electrons. The van der Waals surface area contributed by atoms with Crippen molar-refractivity contribution in [3.8, 4) is 0 Å². The maximum atomic E-state index is 13.8. The molecule has 2 heterocycles. The van der Waals surface area contributed by atoms with Gasteiger partial charge in [-0.2, -0.15) is 0 Å². The summed E-state index contributed by atoms with van der Waals surface area (Å²) in [5.74, 6) is 0.677. The number of thiazole rings is 1. The van der Waals surface area contributed by atoms with Gasteiger partial charge in [0.2, 0.25) is 0 Å². The van der Waals surface area contributed by atoms with Gasteiger partial charge in [0.1, 0.15) is 11.6 Å². The summed E-state index contributed by atoms with van der Waals surface area (Å²) in [6.45, 7) is 2.50. The van der Waals surface area contributed by atoms with Gasteiger partial charge in [-0.25, -0.2) is 14.4 Å². The molecule has 0 saturated carbocycles. The van der Waals surface area contributed by atoms with Crippen molar-refractivity contribution in [2.45, 2.75) is 19.3 Å². The molecule has 0 bridgehead atoms. The number of hydrogen-bond acceptors (Lipinski definition) is 3. The molecule has 0 aliphatic carbocycles. The number of aryl methyl sites for hydroxylation is 1. The SMILES string of the molecule is Cc1nc(Cn2c(CCl)nc3cc(Br)c(F)cc32)cs1. The van der Waals surface area contributed by atoms with Crippen molar-refractivity contribution in [1.29, 1.82) is 0 Å². The second-order valence-corrected chi connectivity index (χ2v) is 6.54.